The molecule has 28 heavy (non-hydrogen) atoms. The highest BCUT2D eigenvalue weighted by Gasteiger charge is 2.27. The van der Waals surface area contributed by atoms with Gasteiger partial charge in [0.1, 0.15) is 11.5 Å². The summed E-state index contributed by atoms with van der Waals surface area (Å²) >= 11 is 9.41. The Balaban J connectivity index is 1.44. The van der Waals surface area contributed by atoms with Gasteiger partial charge in [-0.25, -0.2) is 4.39 Å². The lowest BCUT2D eigenvalue weighted by atomic mass is 10.1. The molecule has 0 bridgehead atoms. The number of aromatic nitrogens is 1. The highest BCUT2D eigenvalue weighted by atomic mass is 79.9. The van der Waals surface area contributed by atoms with Crippen molar-refractivity contribution in [3.63, 3.8) is 0 Å². The molecule has 2 heterocycles. The van der Waals surface area contributed by atoms with Gasteiger partial charge in [-0.3, -0.25) is 9.59 Å². The lowest BCUT2D eigenvalue weighted by molar-refractivity contribution is 0.0533. The molecule has 0 unspecified atom stereocenters. The van der Waals surface area contributed by atoms with E-state index in [-0.39, 0.29) is 22.4 Å². The van der Waals surface area contributed by atoms with Gasteiger partial charge in [-0.1, -0.05) is 33.6 Å². The number of hydrogen-bond donors (Lipinski definition) is 1. The molecule has 1 aromatic heterocycles. The summed E-state index contributed by atoms with van der Waals surface area (Å²) < 4.78 is 14.1. The van der Waals surface area contributed by atoms with Gasteiger partial charge in [0.2, 0.25) is 0 Å². The van der Waals surface area contributed by atoms with Crippen LogP contribution in [-0.4, -0.2) is 52.8 Å². The number of fused-ring (bicyclic) bond motifs is 1. The maximum absolute atomic E-state index is 13.2. The third kappa shape index (κ3) is 3.64. The molecule has 0 saturated carbocycles. The Labute approximate surface area is 174 Å². The molecule has 144 valence electrons. The zero-order chi connectivity index (χ0) is 19.8. The molecule has 1 fully saturated rings. The number of nitrogens with one attached hydrogen (secondary N) is 1. The van der Waals surface area contributed by atoms with Gasteiger partial charge in [-0.15, -0.1) is 0 Å². The van der Waals surface area contributed by atoms with Crippen LogP contribution in [0.1, 0.15) is 20.8 Å². The molecule has 1 aliphatic rings. The number of H-pyrrole nitrogens is 1. The molecule has 1 aliphatic heterocycles. The fraction of sp³-hybridized carbons (Fsp3) is 0.200. The maximum Gasteiger partial charge on any atom is 0.270 e. The van der Waals surface area contributed by atoms with Crippen LogP contribution in [0.25, 0.3) is 10.9 Å². The zero-order valence-electron chi connectivity index (χ0n) is 14.7. The largest absolute Gasteiger partial charge is 0.350 e. The molecule has 2 aromatic carbocycles. The summed E-state index contributed by atoms with van der Waals surface area (Å²) in [6.45, 7) is 1.62. The van der Waals surface area contributed by atoms with Crippen molar-refractivity contribution in [1.29, 1.82) is 0 Å². The normalized spacial score (nSPS) is 14.5. The number of halogens is 3. The first-order valence-electron chi connectivity index (χ1n) is 8.74. The molecule has 0 aliphatic carbocycles. The van der Waals surface area contributed by atoms with E-state index in [1.165, 1.54) is 12.1 Å². The molecular weight excluding hydrogens is 449 g/mol. The van der Waals surface area contributed by atoms with Crippen molar-refractivity contribution in [1.82, 2.24) is 14.8 Å². The van der Waals surface area contributed by atoms with Gasteiger partial charge in [0.05, 0.1) is 10.6 Å². The van der Waals surface area contributed by atoms with Crippen molar-refractivity contribution in [3.8, 4) is 0 Å². The van der Waals surface area contributed by atoms with Crippen LogP contribution in [0.4, 0.5) is 4.39 Å². The molecule has 1 saturated heterocycles. The van der Waals surface area contributed by atoms with E-state index in [0.717, 1.165) is 21.4 Å². The molecule has 3 aromatic rings. The SMILES string of the molecule is O=C(c1cc2ccc(Br)cc2[nH]1)N1CCN(C(=O)c2ccc(F)cc2Cl)CC1. The molecule has 8 heteroatoms. The summed E-state index contributed by atoms with van der Waals surface area (Å²) in [5, 5.41) is 1.05. The monoisotopic (exact) mass is 463 g/mol. The summed E-state index contributed by atoms with van der Waals surface area (Å²) in [4.78, 5) is 31.9. The third-order valence-corrected chi connectivity index (χ3v) is 5.64. The Kier molecular flexibility index (Phi) is 5.12. The first-order valence-corrected chi connectivity index (χ1v) is 9.91. The predicted molar refractivity (Wildman–Crippen MR) is 109 cm³/mol. The van der Waals surface area contributed by atoms with Gasteiger partial charge >= 0.3 is 0 Å². The molecular formula is C20H16BrClFN3O2. The Morgan fingerprint density at radius 3 is 2.32 bits per heavy atom. The van der Waals surface area contributed by atoms with E-state index in [0.29, 0.717) is 31.9 Å². The summed E-state index contributed by atoms with van der Waals surface area (Å²) in [5.41, 5.74) is 1.68. The maximum atomic E-state index is 13.2. The third-order valence-electron chi connectivity index (χ3n) is 4.83. The quantitative estimate of drug-likeness (QED) is 0.614. The molecule has 1 N–H and O–H groups in total. The minimum absolute atomic E-state index is 0.0905. The Hall–Kier alpha value is -2.38. The van der Waals surface area contributed by atoms with E-state index in [2.05, 4.69) is 20.9 Å². The molecule has 4 rings (SSSR count). The standard InChI is InChI=1S/C20H16BrClFN3O2/c21-13-2-1-12-9-18(24-17(12)10-13)20(28)26-7-5-25(6-8-26)19(27)15-4-3-14(23)11-16(15)22/h1-4,9-11,24H,5-8H2. The van der Waals surface area contributed by atoms with Gasteiger partial charge in [0, 0.05) is 41.6 Å². The topological polar surface area (TPSA) is 56.4 Å². The number of aromatic amines is 1. The van der Waals surface area contributed by atoms with Crippen LogP contribution in [0, 0.1) is 5.82 Å². The van der Waals surface area contributed by atoms with Gasteiger partial charge in [0.15, 0.2) is 0 Å². The van der Waals surface area contributed by atoms with E-state index >= 15 is 0 Å². The van der Waals surface area contributed by atoms with Crippen LogP contribution in [-0.2, 0) is 0 Å². The highest BCUT2D eigenvalue weighted by Crippen LogP contribution is 2.22. The van der Waals surface area contributed by atoms with E-state index in [1.807, 2.05) is 24.3 Å². The summed E-state index contributed by atoms with van der Waals surface area (Å²) in [6.07, 6.45) is 0. The van der Waals surface area contributed by atoms with Gasteiger partial charge in [-0.2, -0.15) is 0 Å². The van der Waals surface area contributed by atoms with Crippen LogP contribution in [0.3, 0.4) is 0 Å². The van der Waals surface area contributed by atoms with E-state index in [9.17, 15) is 14.0 Å². The number of carbonyl (C=O) groups is 2. The molecule has 5 nitrogen and oxygen atoms in total. The Morgan fingerprint density at radius 2 is 1.64 bits per heavy atom. The average Bonchev–Trinajstić information content (AvgIpc) is 3.10. The summed E-state index contributed by atoms with van der Waals surface area (Å²) in [6, 6.07) is 11.4. The number of carbonyl (C=O) groups excluding carboxylic acids is 2. The van der Waals surface area contributed by atoms with E-state index in [4.69, 9.17) is 11.6 Å². The van der Waals surface area contributed by atoms with E-state index < -0.39 is 5.82 Å². The molecule has 0 atom stereocenters. The van der Waals surface area contributed by atoms with Crippen LogP contribution in [0.15, 0.2) is 46.9 Å². The number of nitrogens with zero attached hydrogens (tertiary/aromatic N) is 2. The van der Waals surface area contributed by atoms with Crippen molar-refractivity contribution in [3.05, 3.63) is 69.0 Å². The van der Waals surface area contributed by atoms with Crippen molar-refractivity contribution in [2.75, 3.05) is 26.2 Å². The first-order chi connectivity index (χ1) is 13.4. The zero-order valence-corrected chi connectivity index (χ0v) is 17.1. The fourth-order valence-corrected chi connectivity index (χ4v) is 3.94. The summed E-state index contributed by atoms with van der Waals surface area (Å²) in [7, 11) is 0. The van der Waals surface area contributed by atoms with Crippen molar-refractivity contribution in [2.24, 2.45) is 0 Å². The Bertz CT molecular complexity index is 1080. The van der Waals surface area contributed by atoms with Gasteiger partial charge < -0.3 is 14.8 Å². The van der Waals surface area contributed by atoms with Crippen LogP contribution in [0.5, 0.6) is 0 Å². The predicted octanol–water partition coefficient (Wildman–Crippen LogP) is 4.32. The highest BCUT2D eigenvalue weighted by molar-refractivity contribution is 9.10. The number of piperazine rings is 1. The molecule has 0 radical (unpaired) electrons. The minimum atomic E-state index is -0.484. The van der Waals surface area contributed by atoms with Crippen LogP contribution >= 0.6 is 27.5 Å². The van der Waals surface area contributed by atoms with Gasteiger partial charge in [-0.05, 0) is 36.4 Å². The smallest absolute Gasteiger partial charge is 0.270 e. The molecule has 2 amide bonds. The van der Waals surface area contributed by atoms with E-state index in [1.54, 1.807) is 9.80 Å². The number of benzene rings is 2. The lowest BCUT2D eigenvalue weighted by Gasteiger charge is -2.34. The first kappa shape index (κ1) is 19.0. The second kappa shape index (κ2) is 7.56. The number of amides is 2. The minimum Gasteiger partial charge on any atom is -0.350 e. The number of hydrogen-bond acceptors (Lipinski definition) is 2. The lowest BCUT2D eigenvalue weighted by Crippen LogP contribution is -2.50. The van der Waals surface area contributed by atoms with Crippen molar-refractivity contribution < 1.29 is 14.0 Å². The second-order valence-corrected chi connectivity index (χ2v) is 7.95. The second-order valence-electron chi connectivity index (χ2n) is 6.62. The fourth-order valence-electron chi connectivity index (χ4n) is 3.33. The van der Waals surface area contributed by atoms with Crippen LogP contribution in [0.2, 0.25) is 5.02 Å². The Morgan fingerprint density at radius 1 is 0.964 bits per heavy atom. The summed E-state index contributed by atoms with van der Waals surface area (Å²) in [5.74, 6) is -0.839. The molecule has 0 spiro atoms. The average molecular weight is 465 g/mol. The van der Waals surface area contributed by atoms with Gasteiger partial charge in [0.25, 0.3) is 11.8 Å². The van der Waals surface area contributed by atoms with Crippen molar-refractivity contribution in [2.45, 2.75) is 0 Å². The number of rotatable bonds is 2. The van der Waals surface area contributed by atoms with Crippen LogP contribution < -0.4 is 0 Å². The van der Waals surface area contributed by atoms with Crippen molar-refractivity contribution >= 4 is 50.2 Å².